The van der Waals surface area contributed by atoms with Crippen LogP contribution in [0.2, 0.25) is 0 Å². The number of aliphatic hydroxyl groups is 1. The molecule has 0 aliphatic rings. The van der Waals surface area contributed by atoms with Gasteiger partial charge in [0.1, 0.15) is 18.1 Å². The number of carbonyl (C=O) groups is 1. The van der Waals surface area contributed by atoms with Crippen molar-refractivity contribution in [1.82, 2.24) is 19.7 Å². The summed E-state index contributed by atoms with van der Waals surface area (Å²) in [7, 11) is 0. The fraction of sp³-hybridized carbons (Fsp3) is 0.400. The number of aliphatic hydroxyl groups excluding tert-OH is 1. The Kier molecular flexibility index (Phi) is 4.66. The number of fused-ring (bicyclic) bond motifs is 1. The normalized spacial score (nSPS) is 11.0. The van der Waals surface area contributed by atoms with Crippen molar-refractivity contribution in [3.63, 3.8) is 0 Å². The van der Waals surface area contributed by atoms with E-state index in [1.807, 2.05) is 0 Å². The molecular formula is C10H13N5O3S. The van der Waals surface area contributed by atoms with Gasteiger partial charge in [0.25, 0.3) is 0 Å². The maximum atomic E-state index is 10.8. The van der Waals surface area contributed by atoms with Crippen molar-refractivity contribution >= 4 is 28.7 Å². The second kappa shape index (κ2) is 6.45. The van der Waals surface area contributed by atoms with Crippen LogP contribution in [0.1, 0.15) is 0 Å². The summed E-state index contributed by atoms with van der Waals surface area (Å²) in [4.78, 5) is 19.0. The Hall–Kier alpha value is -1.71. The molecule has 0 bridgehead atoms. The third-order valence-electron chi connectivity index (χ3n) is 2.20. The smallest absolute Gasteiger partial charge is 0.227 e. The molecule has 0 aliphatic carbocycles. The second-order valence-electron chi connectivity index (χ2n) is 3.58. The lowest BCUT2D eigenvalue weighted by Gasteiger charge is -2.04. The van der Waals surface area contributed by atoms with Crippen LogP contribution in [0.4, 0.5) is 0 Å². The van der Waals surface area contributed by atoms with Crippen LogP contribution >= 0.6 is 11.8 Å². The van der Waals surface area contributed by atoms with Crippen LogP contribution in [0, 0.1) is 0 Å². The topological polar surface area (TPSA) is 116 Å². The molecule has 9 heteroatoms. The maximum Gasteiger partial charge on any atom is 0.227 e. The zero-order valence-electron chi connectivity index (χ0n) is 10.0. The van der Waals surface area contributed by atoms with Crippen molar-refractivity contribution in [1.29, 1.82) is 0 Å². The standard InChI is InChI=1S/C10H13N5O3S/c11-8(17)4-19-10-7-3-14-15(6-18-2-1-16)9(7)12-5-13-10/h3,5,16H,1-2,4,6H2,(H2,11,17). The van der Waals surface area contributed by atoms with E-state index in [0.29, 0.717) is 10.7 Å². The number of thioether (sulfide) groups is 1. The first-order valence-electron chi connectivity index (χ1n) is 5.48. The number of primary amides is 1. The van der Waals surface area contributed by atoms with Crippen molar-refractivity contribution in [2.24, 2.45) is 5.73 Å². The molecule has 8 nitrogen and oxygen atoms in total. The van der Waals surface area contributed by atoms with Gasteiger partial charge in [0.05, 0.1) is 30.5 Å². The summed E-state index contributed by atoms with van der Waals surface area (Å²) in [6.07, 6.45) is 3.01. The number of hydrogen-bond donors (Lipinski definition) is 2. The number of rotatable bonds is 7. The molecule has 2 heterocycles. The van der Waals surface area contributed by atoms with Crippen molar-refractivity contribution in [2.45, 2.75) is 11.8 Å². The molecule has 1 amide bonds. The molecule has 0 aromatic carbocycles. The highest BCUT2D eigenvalue weighted by molar-refractivity contribution is 8.00. The molecule has 0 spiro atoms. The van der Waals surface area contributed by atoms with E-state index in [0.717, 1.165) is 5.39 Å². The lowest BCUT2D eigenvalue weighted by molar-refractivity contribution is -0.115. The fourth-order valence-electron chi connectivity index (χ4n) is 1.44. The molecular weight excluding hydrogens is 270 g/mol. The van der Waals surface area contributed by atoms with Gasteiger partial charge < -0.3 is 15.6 Å². The van der Waals surface area contributed by atoms with Gasteiger partial charge in [-0.3, -0.25) is 4.79 Å². The van der Waals surface area contributed by atoms with Crippen LogP contribution in [-0.4, -0.2) is 49.7 Å². The highest BCUT2D eigenvalue weighted by Crippen LogP contribution is 2.23. The van der Waals surface area contributed by atoms with Gasteiger partial charge in [-0.25, -0.2) is 14.6 Å². The summed E-state index contributed by atoms with van der Waals surface area (Å²) in [6.45, 7) is 0.380. The molecule has 19 heavy (non-hydrogen) atoms. The first kappa shape index (κ1) is 13.7. The first-order chi connectivity index (χ1) is 9.22. The fourth-order valence-corrected chi connectivity index (χ4v) is 2.14. The highest BCUT2D eigenvalue weighted by Gasteiger charge is 2.10. The van der Waals surface area contributed by atoms with Crippen LogP contribution < -0.4 is 5.73 Å². The molecule has 0 aliphatic heterocycles. The van der Waals surface area contributed by atoms with E-state index in [9.17, 15) is 4.79 Å². The molecule has 2 rings (SSSR count). The van der Waals surface area contributed by atoms with Crippen LogP contribution in [-0.2, 0) is 16.3 Å². The number of amides is 1. The van der Waals surface area contributed by atoms with Gasteiger partial charge in [-0.1, -0.05) is 11.8 Å². The molecule has 0 atom stereocenters. The molecule has 2 aromatic rings. The van der Waals surface area contributed by atoms with Crippen molar-refractivity contribution < 1.29 is 14.6 Å². The Morgan fingerprint density at radius 2 is 2.37 bits per heavy atom. The second-order valence-corrected chi connectivity index (χ2v) is 4.54. The molecule has 0 radical (unpaired) electrons. The van der Waals surface area contributed by atoms with E-state index < -0.39 is 5.91 Å². The van der Waals surface area contributed by atoms with E-state index in [2.05, 4.69) is 15.1 Å². The first-order valence-corrected chi connectivity index (χ1v) is 6.47. The Morgan fingerprint density at radius 3 is 3.11 bits per heavy atom. The predicted molar refractivity (Wildman–Crippen MR) is 68.3 cm³/mol. The van der Waals surface area contributed by atoms with Crippen molar-refractivity contribution in [3.05, 3.63) is 12.5 Å². The molecule has 102 valence electrons. The largest absolute Gasteiger partial charge is 0.394 e. The van der Waals surface area contributed by atoms with Crippen molar-refractivity contribution in [2.75, 3.05) is 19.0 Å². The number of carbonyl (C=O) groups excluding carboxylic acids is 1. The van der Waals surface area contributed by atoms with Crippen LogP contribution in [0.25, 0.3) is 11.0 Å². The number of nitrogens with two attached hydrogens (primary N) is 1. The summed E-state index contributed by atoms with van der Waals surface area (Å²) >= 11 is 1.24. The molecule has 3 N–H and O–H groups in total. The predicted octanol–water partition coefficient (Wildman–Crippen LogP) is -0.630. The number of hydrogen-bond acceptors (Lipinski definition) is 7. The quantitative estimate of drug-likeness (QED) is 0.395. The Morgan fingerprint density at radius 1 is 1.53 bits per heavy atom. The Bertz CT molecular complexity index is 573. The lowest BCUT2D eigenvalue weighted by atomic mass is 10.4. The molecule has 0 saturated heterocycles. The van der Waals surface area contributed by atoms with Crippen LogP contribution in [0.3, 0.4) is 0 Å². The highest BCUT2D eigenvalue weighted by atomic mass is 32.2. The lowest BCUT2D eigenvalue weighted by Crippen LogP contribution is -2.13. The minimum absolute atomic E-state index is 0.0477. The van der Waals surface area contributed by atoms with Crippen LogP contribution in [0.15, 0.2) is 17.6 Å². The number of nitrogens with zero attached hydrogens (tertiary/aromatic N) is 4. The minimum Gasteiger partial charge on any atom is -0.394 e. The van der Waals surface area contributed by atoms with Gasteiger partial charge in [0.15, 0.2) is 5.65 Å². The summed E-state index contributed by atoms with van der Waals surface area (Å²) < 4.78 is 6.74. The van der Waals surface area contributed by atoms with Crippen LogP contribution in [0.5, 0.6) is 0 Å². The Balaban J connectivity index is 2.19. The number of ether oxygens (including phenoxy) is 1. The third kappa shape index (κ3) is 3.40. The zero-order chi connectivity index (χ0) is 13.7. The average Bonchev–Trinajstić information content (AvgIpc) is 2.80. The van der Waals surface area contributed by atoms with Gasteiger partial charge in [-0.15, -0.1) is 0 Å². The molecule has 2 aromatic heterocycles. The van der Waals surface area contributed by atoms with Crippen molar-refractivity contribution in [3.8, 4) is 0 Å². The maximum absolute atomic E-state index is 10.8. The molecule has 0 unspecified atom stereocenters. The Labute approximate surface area is 113 Å². The third-order valence-corrected chi connectivity index (χ3v) is 3.22. The summed E-state index contributed by atoms with van der Waals surface area (Å²) in [5.41, 5.74) is 5.71. The summed E-state index contributed by atoms with van der Waals surface area (Å²) in [5.74, 6) is -0.256. The van der Waals surface area contributed by atoms with Gasteiger partial charge in [0.2, 0.25) is 5.91 Å². The average molecular weight is 283 g/mol. The minimum atomic E-state index is -0.407. The van der Waals surface area contributed by atoms with Gasteiger partial charge >= 0.3 is 0 Å². The van der Waals surface area contributed by atoms with Gasteiger partial charge in [-0.05, 0) is 0 Å². The molecule has 0 saturated carbocycles. The summed E-state index contributed by atoms with van der Waals surface area (Å²) in [5, 5.41) is 14.2. The van der Waals surface area contributed by atoms with Gasteiger partial charge in [0, 0.05) is 0 Å². The van der Waals surface area contributed by atoms with E-state index in [4.69, 9.17) is 15.6 Å². The molecule has 0 fully saturated rings. The van der Waals surface area contributed by atoms with E-state index in [1.165, 1.54) is 18.1 Å². The monoisotopic (exact) mass is 283 g/mol. The van der Waals surface area contributed by atoms with E-state index >= 15 is 0 Å². The zero-order valence-corrected chi connectivity index (χ0v) is 10.8. The summed E-state index contributed by atoms with van der Waals surface area (Å²) in [6, 6.07) is 0. The van der Waals surface area contributed by atoms with E-state index in [-0.39, 0.29) is 25.7 Å². The van der Waals surface area contributed by atoms with Gasteiger partial charge in [-0.2, -0.15) is 5.10 Å². The van der Waals surface area contributed by atoms with E-state index in [1.54, 1.807) is 10.9 Å². The number of aromatic nitrogens is 4. The SMILES string of the molecule is NC(=O)CSc1ncnc2c1cnn2COCCO.